The van der Waals surface area contributed by atoms with E-state index in [1.54, 1.807) is 18.5 Å². The number of nitrogens with zero attached hydrogens (tertiary/aromatic N) is 1. The minimum Gasteiger partial charge on any atom is -0.478 e. The van der Waals surface area contributed by atoms with Crippen molar-refractivity contribution in [1.82, 2.24) is 4.98 Å². The SMILES string of the molecule is O=C(O)/C=C/CCc1cccnc1. The molecule has 1 aromatic rings. The molecule has 1 rings (SSSR count). The van der Waals surface area contributed by atoms with E-state index in [1.807, 2.05) is 12.1 Å². The molecule has 3 heteroatoms. The van der Waals surface area contributed by atoms with E-state index in [0.717, 1.165) is 24.5 Å². The van der Waals surface area contributed by atoms with Gasteiger partial charge in [-0.3, -0.25) is 4.98 Å². The molecule has 0 unspecified atom stereocenters. The van der Waals surface area contributed by atoms with Crippen molar-refractivity contribution in [1.29, 1.82) is 0 Å². The number of rotatable bonds is 4. The predicted octanol–water partition coefficient (Wildman–Crippen LogP) is 1.66. The number of aliphatic carboxylic acids is 1. The Hall–Kier alpha value is -1.64. The molecule has 1 heterocycles. The number of hydrogen-bond acceptors (Lipinski definition) is 2. The number of hydrogen-bond donors (Lipinski definition) is 1. The number of aryl methyl sites for hydroxylation is 1. The van der Waals surface area contributed by atoms with Gasteiger partial charge in [0.05, 0.1) is 0 Å². The summed E-state index contributed by atoms with van der Waals surface area (Å²) < 4.78 is 0. The van der Waals surface area contributed by atoms with Gasteiger partial charge in [0.2, 0.25) is 0 Å². The summed E-state index contributed by atoms with van der Waals surface area (Å²) in [4.78, 5) is 14.1. The van der Waals surface area contributed by atoms with Gasteiger partial charge in [-0.1, -0.05) is 12.1 Å². The Morgan fingerprint density at radius 3 is 3.08 bits per heavy atom. The molecule has 13 heavy (non-hydrogen) atoms. The lowest BCUT2D eigenvalue weighted by atomic mass is 10.1. The van der Waals surface area contributed by atoms with Gasteiger partial charge in [-0.25, -0.2) is 4.79 Å². The first-order chi connectivity index (χ1) is 6.29. The second-order valence-electron chi connectivity index (χ2n) is 2.64. The van der Waals surface area contributed by atoms with Gasteiger partial charge in [-0.05, 0) is 24.5 Å². The van der Waals surface area contributed by atoms with Gasteiger partial charge in [-0.2, -0.15) is 0 Å². The summed E-state index contributed by atoms with van der Waals surface area (Å²) >= 11 is 0. The van der Waals surface area contributed by atoms with Crippen molar-refractivity contribution in [3.05, 3.63) is 42.2 Å². The third kappa shape index (κ3) is 4.06. The van der Waals surface area contributed by atoms with Crippen molar-refractivity contribution in [3.63, 3.8) is 0 Å². The van der Waals surface area contributed by atoms with Gasteiger partial charge in [-0.15, -0.1) is 0 Å². The quantitative estimate of drug-likeness (QED) is 0.711. The number of carbonyl (C=O) groups is 1. The van der Waals surface area contributed by atoms with E-state index in [0.29, 0.717) is 0 Å². The Morgan fingerprint density at radius 1 is 1.62 bits per heavy atom. The lowest BCUT2D eigenvalue weighted by Gasteiger charge is -1.94. The summed E-state index contributed by atoms with van der Waals surface area (Å²) in [5, 5.41) is 8.31. The molecule has 0 bridgehead atoms. The number of aromatic nitrogens is 1. The zero-order valence-corrected chi connectivity index (χ0v) is 7.18. The maximum Gasteiger partial charge on any atom is 0.327 e. The fourth-order valence-corrected chi connectivity index (χ4v) is 0.980. The number of carboxylic acid groups (broad SMARTS) is 1. The van der Waals surface area contributed by atoms with Gasteiger partial charge < -0.3 is 5.11 Å². The van der Waals surface area contributed by atoms with Crippen LogP contribution in [0.4, 0.5) is 0 Å². The lowest BCUT2D eigenvalue weighted by Crippen LogP contribution is -1.87. The van der Waals surface area contributed by atoms with Crippen LogP contribution >= 0.6 is 0 Å². The largest absolute Gasteiger partial charge is 0.478 e. The van der Waals surface area contributed by atoms with E-state index in [9.17, 15) is 4.79 Å². The molecular weight excluding hydrogens is 166 g/mol. The molecule has 0 aliphatic carbocycles. The molecule has 1 aromatic heterocycles. The smallest absolute Gasteiger partial charge is 0.327 e. The van der Waals surface area contributed by atoms with Crippen LogP contribution in [0.1, 0.15) is 12.0 Å². The average Bonchev–Trinajstić information content (AvgIpc) is 2.14. The Balaban J connectivity index is 2.32. The molecule has 3 nitrogen and oxygen atoms in total. The summed E-state index contributed by atoms with van der Waals surface area (Å²) in [6, 6.07) is 3.85. The monoisotopic (exact) mass is 177 g/mol. The van der Waals surface area contributed by atoms with Crippen molar-refractivity contribution in [2.45, 2.75) is 12.8 Å². The highest BCUT2D eigenvalue weighted by Gasteiger charge is 1.89. The van der Waals surface area contributed by atoms with Crippen LogP contribution in [0.3, 0.4) is 0 Å². The lowest BCUT2D eigenvalue weighted by molar-refractivity contribution is -0.131. The summed E-state index contributed by atoms with van der Waals surface area (Å²) in [6.07, 6.45) is 7.88. The molecule has 0 fully saturated rings. The molecule has 68 valence electrons. The summed E-state index contributed by atoms with van der Waals surface area (Å²) in [6.45, 7) is 0. The fraction of sp³-hybridized carbons (Fsp3) is 0.200. The number of pyridine rings is 1. The van der Waals surface area contributed by atoms with Crippen LogP contribution < -0.4 is 0 Å². The van der Waals surface area contributed by atoms with E-state index in [1.165, 1.54) is 0 Å². The van der Waals surface area contributed by atoms with Gasteiger partial charge >= 0.3 is 5.97 Å². The third-order valence-electron chi connectivity index (χ3n) is 1.58. The topological polar surface area (TPSA) is 50.2 Å². The minimum atomic E-state index is -0.897. The average molecular weight is 177 g/mol. The van der Waals surface area contributed by atoms with Crippen molar-refractivity contribution < 1.29 is 9.90 Å². The molecule has 0 radical (unpaired) electrons. The van der Waals surface area contributed by atoms with E-state index >= 15 is 0 Å². The number of carboxylic acids is 1. The number of allylic oxidation sites excluding steroid dienone is 1. The third-order valence-corrected chi connectivity index (χ3v) is 1.58. The van der Waals surface area contributed by atoms with Crippen LogP contribution in [0.5, 0.6) is 0 Å². The fourth-order valence-electron chi connectivity index (χ4n) is 0.980. The highest BCUT2D eigenvalue weighted by molar-refractivity contribution is 5.79. The van der Waals surface area contributed by atoms with Crippen molar-refractivity contribution >= 4 is 5.97 Å². The molecule has 0 saturated carbocycles. The van der Waals surface area contributed by atoms with Crippen LogP contribution in [0.25, 0.3) is 0 Å². The molecule has 0 amide bonds. The zero-order valence-electron chi connectivity index (χ0n) is 7.18. The minimum absolute atomic E-state index is 0.734. The second kappa shape index (κ2) is 5.09. The summed E-state index contributed by atoms with van der Waals surface area (Å²) in [7, 11) is 0. The van der Waals surface area contributed by atoms with Gasteiger partial charge in [0.1, 0.15) is 0 Å². The molecule has 0 saturated heterocycles. The molecule has 0 aliphatic rings. The molecule has 0 atom stereocenters. The normalized spacial score (nSPS) is 10.5. The Labute approximate surface area is 76.7 Å². The predicted molar refractivity (Wildman–Crippen MR) is 49.3 cm³/mol. The first-order valence-corrected chi connectivity index (χ1v) is 4.07. The standard InChI is InChI=1S/C10H11NO2/c12-10(13)6-2-1-4-9-5-3-7-11-8-9/h2-3,5-8H,1,4H2,(H,12,13)/b6-2+. The molecule has 1 N–H and O–H groups in total. The highest BCUT2D eigenvalue weighted by Crippen LogP contribution is 2.00. The molecular formula is C10H11NO2. The van der Waals surface area contributed by atoms with Crippen molar-refractivity contribution in [3.8, 4) is 0 Å². The molecule has 0 aromatic carbocycles. The van der Waals surface area contributed by atoms with Crippen LogP contribution in [0.2, 0.25) is 0 Å². The van der Waals surface area contributed by atoms with Crippen LogP contribution in [0, 0.1) is 0 Å². The van der Waals surface area contributed by atoms with Gasteiger partial charge in [0.25, 0.3) is 0 Å². The summed E-state index contributed by atoms with van der Waals surface area (Å²) in [5.41, 5.74) is 1.12. The van der Waals surface area contributed by atoms with E-state index < -0.39 is 5.97 Å². The zero-order chi connectivity index (χ0) is 9.52. The highest BCUT2D eigenvalue weighted by atomic mass is 16.4. The Bertz CT molecular complexity index is 293. The first-order valence-electron chi connectivity index (χ1n) is 4.07. The maximum absolute atomic E-state index is 10.1. The van der Waals surface area contributed by atoms with Crippen LogP contribution in [-0.2, 0) is 11.2 Å². The Kier molecular flexibility index (Phi) is 3.70. The molecule has 0 spiro atoms. The van der Waals surface area contributed by atoms with Gasteiger partial charge in [0, 0.05) is 18.5 Å². The van der Waals surface area contributed by atoms with E-state index in [4.69, 9.17) is 5.11 Å². The maximum atomic E-state index is 10.1. The Morgan fingerprint density at radius 2 is 2.46 bits per heavy atom. The second-order valence-corrected chi connectivity index (χ2v) is 2.64. The first kappa shape index (κ1) is 9.45. The van der Waals surface area contributed by atoms with Crippen molar-refractivity contribution in [2.24, 2.45) is 0 Å². The van der Waals surface area contributed by atoms with E-state index in [2.05, 4.69) is 4.98 Å². The van der Waals surface area contributed by atoms with Crippen LogP contribution in [-0.4, -0.2) is 16.1 Å². The van der Waals surface area contributed by atoms with Crippen molar-refractivity contribution in [2.75, 3.05) is 0 Å². The summed E-state index contributed by atoms with van der Waals surface area (Å²) in [5.74, 6) is -0.897. The van der Waals surface area contributed by atoms with Crippen LogP contribution in [0.15, 0.2) is 36.7 Å². The van der Waals surface area contributed by atoms with E-state index in [-0.39, 0.29) is 0 Å². The molecule has 0 aliphatic heterocycles. The van der Waals surface area contributed by atoms with Gasteiger partial charge in [0.15, 0.2) is 0 Å².